The second-order valence-corrected chi connectivity index (χ2v) is 5.96. The fourth-order valence-corrected chi connectivity index (χ4v) is 3.65. The Balaban J connectivity index is 1.59. The molecule has 2 aliphatic heterocycles. The summed E-state index contributed by atoms with van der Waals surface area (Å²) in [7, 11) is 2.07. The van der Waals surface area contributed by atoms with Crippen LogP contribution >= 0.6 is 0 Å². The van der Waals surface area contributed by atoms with Gasteiger partial charge in [0, 0.05) is 30.1 Å². The number of para-hydroxylation sites is 1. The Morgan fingerprint density at radius 2 is 2.27 bits per heavy atom. The Morgan fingerprint density at radius 3 is 3.09 bits per heavy atom. The van der Waals surface area contributed by atoms with Crippen molar-refractivity contribution < 1.29 is 9.53 Å². The van der Waals surface area contributed by atoms with Crippen LogP contribution in [0.1, 0.15) is 11.6 Å². The smallest absolute Gasteiger partial charge is 0.230 e. The minimum Gasteiger partial charge on any atom is -0.493 e. The SMILES string of the molecule is CN1C[C@@H](C(=O)Nc2ccn[nH]2)[C@@H]2COc3ccccc3[C@@H]21. The van der Waals surface area contributed by atoms with Crippen LogP contribution in [0, 0.1) is 11.8 Å². The molecule has 3 atom stereocenters. The summed E-state index contributed by atoms with van der Waals surface area (Å²) in [6.07, 6.45) is 1.62. The first kappa shape index (κ1) is 13.3. The van der Waals surface area contributed by atoms with Crippen molar-refractivity contribution in [3.8, 4) is 5.75 Å². The average molecular weight is 298 g/mol. The minimum absolute atomic E-state index is 0.0200. The number of nitrogens with zero attached hydrogens (tertiary/aromatic N) is 2. The number of ether oxygens (including phenoxy) is 1. The molecule has 1 aromatic heterocycles. The first-order valence-corrected chi connectivity index (χ1v) is 7.46. The van der Waals surface area contributed by atoms with Crippen LogP contribution in [0.25, 0.3) is 0 Å². The molecule has 0 spiro atoms. The number of likely N-dealkylation sites (tertiary alicyclic amines) is 1. The summed E-state index contributed by atoms with van der Waals surface area (Å²) in [5.74, 6) is 1.67. The Morgan fingerprint density at radius 1 is 1.41 bits per heavy atom. The van der Waals surface area contributed by atoms with E-state index in [-0.39, 0.29) is 23.8 Å². The molecule has 0 unspecified atom stereocenters. The predicted molar refractivity (Wildman–Crippen MR) is 81.5 cm³/mol. The van der Waals surface area contributed by atoms with E-state index in [1.807, 2.05) is 18.2 Å². The summed E-state index contributed by atoms with van der Waals surface area (Å²) in [5, 5.41) is 9.52. The molecule has 2 aliphatic rings. The molecule has 1 aromatic carbocycles. The lowest BCUT2D eigenvalue weighted by Gasteiger charge is -2.32. The molecular formula is C16H18N4O2. The fourth-order valence-electron chi connectivity index (χ4n) is 3.65. The van der Waals surface area contributed by atoms with Crippen LogP contribution in [0.5, 0.6) is 5.75 Å². The monoisotopic (exact) mass is 298 g/mol. The van der Waals surface area contributed by atoms with E-state index in [2.05, 4.69) is 33.5 Å². The van der Waals surface area contributed by atoms with Gasteiger partial charge in [0.05, 0.1) is 18.7 Å². The number of H-pyrrole nitrogens is 1. The van der Waals surface area contributed by atoms with Crippen LogP contribution < -0.4 is 10.1 Å². The van der Waals surface area contributed by atoms with Gasteiger partial charge < -0.3 is 10.1 Å². The summed E-state index contributed by atoms with van der Waals surface area (Å²) in [6.45, 7) is 1.31. The van der Waals surface area contributed by atoms with E-state index in [1.165, 1.54) is 5.56 Å². The molecule has 114 valence electrons. The number of hydrogen-bond donors (Lipinski definition) is 2. The molecule has 1 amide bonds. The van der Waals surface area contributed by atoms with E-state index in [1.54, 1.807) is 12.3 Å². The van der Waals surface area contributed by atoms with Gasteiger partial charge in [-0.25, -0.2) is 0 Å². The van der Waals surface area contributed by atoms with E-state index in [0.717, 1.165) is 12.3 Å². The Labute approximate surface area is 128 Å². The first-order valence-electron chi connectivity index (χ1n) is 7.46. The highest BCUT2D eigenvalue weighted by atomic mass is 16.5. The largest absolute Gasteiger partial charge is 0.493 e. The number of aromatic amines is 1. The zero-order valence-electron chi connectivity index (χ0n) is 12.3. The fraction of sp³-hybridized carbons (Fsp3) is 0.375. The topological polar surface area (TPSA) is 70.2 Å². The zero-order chi connectivity index (χ0) is 15.1. The van der Waals surface area contributed by atoms with Crippen LogP contribution in [0.2, 0.25) is 0 Å². The van der Waals surface area contributed by atoms with Crippen molar-refractivity contribution in [1.82, 2.24) is 15.1 Å². The lowest BCUT2D eigenvalue weighted by atomic mass is 9.85. The van der Waals surface area contributed by atoms with Crippen LogP contribution in [-0.2, 0) is 4.79 Å². The quantitative estimate of drug-likeness (QED) is 0.884. The number of nitrogens with one attached hydrogen (secondary N) is 2. The maximum atomic E-state index is 12.6. The van der Waals surface area contributed by atoms with Gasteiger partial charge in [-0.3, -0.25) is 14.8 Å². The molecule has 3 heterocycles. The second-order valence-electron chi connectivity index (χ2n) is 5.96. The maximum Gasteiger partial charge on any atom is 0.230 e. The molecule has 0 aliphatic carbocycles. The third-order valence-electron chi connectivity index (χ3n) is 4.65. The number of rotatable bonds is 2. The third-order valence-corrected chi connectivity index (χ3v) is 4.65. The van der Waals surface area contributed by atoms with E-state index in [4.69, 9.17) is 4.74 Å². The van der Waals surface area contributed by atoms with Gasteiger partial charge in [-0.15, -0.1) is 0 Å². The standard InChI is InChI=1S/C16H18N4O2/c1-20-8-11(16(21)18-14-6-7-17-19-14)12-9-22-13-5-3-2-4-10(13)15(12)20/h2-7,11-12,15H,8-9H2,1H3,(H2,17,18,19,21)/t11-,12+,15+/m1/s1. The highest BCUT2D eigenvalue weighted by Gasteiger charge is 2.47. The van der Waals surface area contributed by atoms with Crippen LogP contribution in [0.3, 0.4) is 0 Å². The van der Waals surface area contributed by atoms with E-state index < -0.39 is 0 Å². The van der Waals surface area contributed by atoms with Gasteiger partial charge in [0.15, 0.2) is 0 Å². The van der Waals surface area contributed by atoms with Crippen LogP contribution in [0.15, 0.2) is 36.5 Å². The molecule has 0 radical (unpaired) electrons. The molecule has 0 bridgehead atoms. The van der Waals surface area contributed by atoms with Crippen LogP contribution in [-0.4, -0.2) is 41.2 Å². The highest BCUT2D eigenvalue weighted by molar-refractivity contribution is 5.92. The number of anilines is 1. The summed E-state index contributed by atoms with van der Waals surface area (Å²) >= 11 is 0. The molecule has 0 saturated carbocycles. The van der Waals surface area contributed by atoms with Gasteiger partial charge in [-0.05, 0) is 13.1 Å². The molecule has 1 saturated heterocycles. The first-order chi connectivity index (χ1) is 10.7. The summed E-state index contributed by atoms with van der Waals surface area (Å²) in [5.41, 5.74) is 1.18. The number of benzene rings is 1. The number of carbonyl (C=O) groups excluding carboxylic acids is 1. The van der Waals surface area contributed by atoms with E-state index in [0.29, 0.717) is 12.4 Å². The number of hydrogen-bond acceptors (Lipinski definition) is 4. The van der Waals surface area contributed by atoms with Gasteiger partial charge in [-0.1, -0.05) is 18.2 Å². The van der Waals surface area contributed by atoms with Gasteiger partial charge in [0.2, 0.25) is 5.91 Å². The van der Waals surface area contributed by atoms with Crippen molar-refractivity contribution in [2.45, 2.75) is 6.04 Å². The van der Waals surface area contributed by atoms with Crippen molar-refractivity contribution in [2.24, 2.45) is 11.8 Å². The van der Waals surface area contributed by atoms with E-state index in [9.17, 15) is 4.79 Å². The maximum absolute atomic E-state index is 12.6. The highest BCUT2D eigenvalue weighted by Crippen LogP contribution is 2.46. The van der Waals surface area contributed by atoms with Gasteiger partial charge in [0.25, 0.3) is 0 Å². The normalized spacial score (nSPS) is 26.9. The van der Waals surface area contributed by atoms with Crippen molar-refractivity contribution in [3.05, 3.63) is 42.1 Å². The molecule has 22 heavy (non-hydrogen) atoms. The van der Waals surface area contributed by atoms with Crippen molar-refractivity contribution >= 4 is 11.7 Å². The van der Waals surface area contributed by atoms with Crippen molar-refractivity contribution in [2.75, 3.05) is 25.5 Å². The molecule has 1 fully saturated rings. The third kappa shape index (κ3) is 2.07. The molecule has 2 aromatic rings. The number of fused-ring (bicyclic) bond motifs is 3. The Hall–Kier alpha value is -2.34. The number of carbonyl (C=O) groups is 1. The zero-order valence-corrected chi connectivity index (χ0v) is 12.3. The van der Waals surface area contributed by atoms with Crippen molar-refractivity contribution in [1.29, 1.82) is 0 Å². The van der Waals surface area contributed by atoms with Gasteiger partial charge >= 0.3 is 0 Å². The van der Waals surface area contributed by atoms with Gasteiger partial charge in [-0.2, -0.15) is 5.10 Å². The van der Waals surface area contributed by atoms with E-state index >= 15 is 0 Å². The van der Waals surface area contributed by atoms with Crippen molar-refractivity contribution in [3.63, 3.8) is 0 Å². The summed E-state index contributed by atoms with van der Waals surface area (Å²) in [4.78, 5) is 14.8. The lowest BCUT2D eigenvalue weighted by Crippen LogP contribution is -2.34. The predicted octanol–water partition coefficient (Wildman–Crippen LogP) is 1.66. The number of amides is 1. The molecule has 6 nitrogen and oxygen atoms in total. The summed E-state index contributed by atoms with van der Waals surface area (Å²) in [6, 6.07) is 10.1. The number of aromatic nitrogens is 2. The summed E-state index contributed by atoms with van der Waals surface area (Å²) < 4.78 is 5.87. The molecule has 6 heteroatoms. The van der Waals surface area contributed by atoms with Gasteiger partial charge in [0.1, 0.15) is 11.6 Å². The lowest BCUT2D eigenvalue weighted by molar-refractivity contribution is -0.121. The molecular weight excluding hydrogens is 280 g/mol. The Bertz CT molecular complexity index is 685. The minimum atomic E-state index is -0.0911. The second kappa shape index (κ2) is 5.14. The average Bonchev–Trinajstić information content (AvgIpc) is 3.15. The molecule has 2 N–H and O–H groups in total. The molecule has 4 rings (SSSR count). The Kier molecular flexibility index (Phi) is 3.11. The van der Waals surface area contributed by atoms with Crippen LogP contribution in [0.4, 0.5) is 5.82 Å².